The predicted octanol–water partition coefficient (Wildman–Crippen LogP) is -2.91. The molecule has 0 rings (SSSR count). The molecule has 5 heteroatoms. The van der Waals surface area contributed by atoms with Gasteiger partial charge in [-0.2, -0.15) is 0 Å². The molecule has 0 saturated heterocycles. The Labute approximate surface area is 87.5 Å². The van der Waals surface area contributed by atoms with Gasteiger partial charge in [0.25, 0.3) is 0 Å². The van der Waals surface area contributed by atoms with Crippen molar-refractivity contribution >= 4 is 20.8 Å². The van der Waals surface area contributed by atoms with E-state index in [-0.39, 0.29) is 52.8 Å². The van der Waals surface area contributed by atoms with Crippen LogP contribution in [0.2, 0.25) is 0 Å². The van der Waals surface area contributed by atoms with Gasteiger partial charge in [0, 0.05) is 7.11 Å². The van der Waals surface area contributed by atoms with Gasteiger partial charge in [-0.05, 0) is 0 Å². The minimum Gasteiger partial charge on any atom is -1.00 e. The first kappa shape index (κ1) is 10.9. The van der Waals surface area contributed by atoms with Crippen molar-refractivity contribution in [3.63, 3.8) is 0 Å². The zero-order chi connectivity index (χ0) is 4.28. The van der Waals surface area contributed by atoms with E-state index in [4.69, 9.17) is 0 Å². The van der Waals surface area contributed by atoms with Crippen molar-refractivity contribution in [1.82, 2.24) is 0 Å². The summed E-state index contributed by atoms with van der Waals surface area (Å²) in [6.45, 7) is 0. The van der Waals surface area contributed by atoms with E-state index in [0.717, 1.165) is 0 Å². The van der Waals surface area contributed by atoms with E-state index in [9.17, 15) is 4.21 Å². The number of hydrogen-bond donors (Lipinski definition) is 0. The van der Waals surface area contributed by atoms with Crippen LogP contribution in [0.15, 0.2) is 0 Å². The Morgan fingerprint density at radius 3 is 2.17 bits per heavy atom. The van der Waals surface area contributed by atoms with Gasteiger partial charge in [0.05, 0.1) is 0 Å². The van der Waals surface area contributed by atoms with Crippen LogP contribution in [0.3, 0.4) is 0 Å². The van der Waals surface area contributed by atoms with Crippen LogP contribution in [0.1, 0.15) is 1.43 Å². The first-order valence-corrected chi connectivity index (χ1v) is 2.91. The molecular weight excluding hydrogens is 147 g/mol. The van der Waals surface area contributed by atoms with Crippen LogP contribution in [0.25, 0.3) is 0 Å². The molecule has 2 nitrogen and oxygen atoms in total. The summed E-state index contributed by atoms with van der Waals surface area (Å²) in [5, 5.41) is 0. The zero-order valence-electron chi connectivity index (χ0n) is 4.63. The standard InChI is InChI=1S/CH3O2S2.K.H/c1-3-5(2)4;;/h1H3;;/q-1;+1;-1. The van der Waals surface area contributed by atoms with Crippen LogP contribution in [0.5, 0.6) is 0 Å². The summed E-state index contributed by atoms with van der Waals surface area (Å²) in [6.07, 6.45) is 0. The van der Waals surface area contributed by atoms with Gasteiger partial charge in [0.15, 0.2) is 0 Å². The van der Waals surface area contributed by atoms with E-state index in [2.05, 4.69) is 15.4 Å². The Morgan fingerprint density at radius 2 is 2.17 bits per heavy atom. The summed E-state index contributed by atoms with van der Waals surface area (Å²) in [4.78, 5) is 0. The average molecular weight is 151 g/mol. The van der Waals surface area contributed by atoms with Crippen LogP contribution >= 0.6 is 0 Å². The van der Waals surface area contributed by atoms with Crippen molar-refractivity contribution in [3.05, 3.63) is 0 Å². The second-order valence-corrected chi connectivity index (χ2v) is 1.93. The summed E-state index contributed by atoms with van der Waals surface area (Å²) in [6, 6.07) is 0. The fraction of sp³-hybridized carbons (Fsp3) is 1.00. The molecule has 0 aliphatic carbocycles. The first-order chi connectivity index (χ1) is 2.27. The van der Waals surface area contributed by atoms with E-state index in [1.54, 1.807) is 0 Å². The molecule has 0 saturated carbocycles. The molecule has 0 spiro atoms. The quantitative estimate of drug-likeness (QED) is 0.297. The summed E-state index contributed by atoms with van der Waals surface area (Å²) >= 11 is 4.03. The van der Waals surface area contributed by atoms with Gasteiger partial charge < -0.3 is 9.82 Å². The maximum Gasteiger partial charge on any atom is 1.00 e. The monoisotopic (exact) mass is 151 g/mol. The minimum absolute atomic E-state index is 0. The van der Waals surface area contributed by atoms with E-state index >= 15 is 0 Å². The van der Waals surface area contributed by atoms with Crippen LogP contribution in [-0.2, 0) is 29.2 Å². The summed E-state index contributed by atoms with van der Waals surface area (Å²) in [5.41, 5.74) is 0. The maximum absolute atomic E-state index is 9.52. The van der Waals surface area contributed by atoms with Crippen molar-refractivity contribution in [2.45, 2.75) is 0 Å². The average Bonchev–Trinajstić information content (AvgIpc) is 1.38. The normalized spacial score (nSPS) is 7.67. The van der Waals surface area contributed by atoms with Crippen molar-refractivity contribution < 1.29 is 61.2 Å². The Bertz CT molecular complexity index is 73.8. The molecule has 0 heterocycles. The molecule has 34 valence electrons. The minimum atomic E-state index is -1.49. The number of rotatable bonds is 1. The molecule has 0 unspecified atom stereocenters. The van der Waals surface area contributed by atoms with E-state index in [1.165, 1.54) is 7.11 Å². The van der Waals surface area contributed by atoms with Gasteiger partial charge >= 0.3 is 51.4 Å². The molecule has 6 heavy (non-hydrogen) atoms. The molecule has 0 aromatic heterocycles. The first-order valence-electron chi connectivity index (χ1n) is 0.908. The summed E-state index contributed by atoms with van der Waals surface area (Å²) in [7, 11) is -0.194. The van der Waals surface area contributed by atoms with Crippen molar-refractivity contribution in [1.29, 1.82) is 0 Å². The molecule has 0 radical (unpaired) electrons. The molecule has 0 aliphatic heterocycles. The Balaban J connectivity index is -0.0000000800. The molecule has 0 aliphatic rings. The topological polar surface area (TPSA) is 26.3 Å². The molecule has 0 atom stereocenters. The second kappa shape index (κ2) is 6.97. The van der Waals surface area contributed by atoms with Crippen LogP contribution < -0.4 is 51.4 Å². The molecular formula is CH4KO2S2-. The Hall–Kier alpha value is 1.97. The molecule has 0 aromatic rings. The van der Waals surface area contributed by atoms with E-state index in [0.29, 0.717) is 0 Å². The van der Waals surface area contributed by atoms with Crippen LogP contribution in [-0.4, -0.2) is 7.11 Å². The molecule has 0 N–H and O–H groups in total. The fourth-order valence-electron chi connectivity index (χ4n) is 0. The summed E-state index contributed by atoms with van der Waals surface area (Å²) < 4.78 is 13.6. The van der Waals surface area contributed by atoms with E-state index in [1.807, 2.05) is 0 Å². The van der Waals surface area contributed by atoms with Gasteiger partial charge in [-0.3, -0.25) is 0 Å². The smallest absolute Gasteiger partial charge is 1.00 e. The Kier molecular flexibility index (Phi) is 12.6. The van der Waals surface area contributed by atoms with Crippen molar-refractivity contribution in [3.8, 4) is 0 Å². The summed E-state index contributed by atoms with van der Waals surface area (Å²) in [5.74, 6) is 0. The SMILES string of the molecule is CO[S-](=O)=S.[H-].[K+]. The van der Waals surface area contributed by atoms with Gasteiger partial charge in [0.2, 0.25) is 0 Å². The van der Waals surface area contributed by atoms with Gasteiger partial charge in [-0.1, -0.05) is 9.64 Å². The molecule has 0 fully saturated rings. The largest absolute Gasteiger partial charge is 1.00 e. The zero-order valence-corrected chi connectivity index (χ0v) is 8.39. The third-order valence-electron chi connectivity index (χ3n) is 0.136. The van der Waals surface area contributed by atoms with Crippen molar-refractivity contribution in [2.24, 2.45) is 0 Å². The third kappa shape index (κ3) is 9.35. The predicted molar refractivity (Wildman–Crippen MR) is 23.5 cm³/mol. The molecule has 0 amide bonds. The second-order valence-electron chi connectivity index (χ2n) is 0.371. The molecule has 0 bridgehead atoms. The van der Waals surface area contributed by atoms with Crippen LogP contribution in [0.4, 0.5) is 0 Å². The van der Waals surface area contributed by atoms with Gasteiger partial charge in [-0.15, -0.1) is 0 Å². The van der Waals surface area contributed by atoms with Crippen LogP contribution in [0, 0.1) is 0 Å². The van der Waals surface area contributed by atoms with Gasteiger partial charge in [0.1, 0.15) is 0 Å². The third-order valence-corrected chi connectivity index (χ3v) is 0.816. The van der Waals surface area contributed by atoms with Crippen molar-refractivity contribution in [2.75, 3.05) is 7.11 Å². The number of hydrogen-bond acceptors (Lipinski definition) is 4. The Morgan fingerprint density at radius 1 is 2.00 bits per heavy atom. The maximum atomic E-state index is 9.52. The van der Waals surface area contributed by atoms with Gasteiger partial charge in [-0.25, -0.2) is 11.2 Å². The van der Waals surface area contributed by atoms with E-state index < -0.39 is 9.64 Å². The molecule has 0 aromatic carbocycles. The fourth-order valence-corrected chi connectivity index (χ4v) is 0.